The van der Waals surface area contributed by atoms with Crippen molar-refractivity contribution in [3.8, 4) is 11.5 Å². The topological polar surface area (TPSA) is 66.8 Å². The number of ether oxygens (including phenoxy) is 1. The van der Waals surface area contributed by atoms with Crippen molar-refractivity contribution >= 4 is 5.97 Å². The number of aromatic hydroxyl groups is 1. The molecule has 0 aliphatic heterocycles. The van der Waals surface area contributed by atoms with Crippen LogP contribution < -0.4 is 4.74 Å². The average molecular weight is 250 g/mol. The highest BCUT2D eigenvalue weighted by Gasteiger charge is 2.33. The number of phenolic OH excluding ortho intramolecular Hbond substituents is 1. The smallest absolute Gasteiger partial charge is 0.504 e. The Balaban J connectivity index is 2.96. The largest absolute Gasteiger partial charge is 0.573 e. The first-order valence-electron chi connectivity index (χ1n) is 4.58. The van der Waals surface area contributed by atoms with Crippen LogP contribution in [-0.2, 0) is 11.2 Å². The first-order chi connectivity index (χ1) is 7.79. The minimum atomic E-state index is -4.93. The van der Waals surface area contributed by atoms with Gasteiger partial charge in [-0.3, -0.25) is 4.79 Å². The summed E-state index contributed by atoms with van der Waals surface area (Å²) < 4.78 is 39.8. The summed E-state index contributed by atoms with van der Waals surface area (Å²) in [4.78, 5) is 10.3. The van der Waals surface area contributed by atoms with E-state index >= 15 is 0 Å². The van der Waals surface area contributed by atoms with Crippen LogP contribution in [0.25, 0.3) is 0 Å². The van der Waals surface area contributed by atoms with E-state index in [1.807, 2.05) is 0 Å². The van der Waals surface area contributed by atoms with Crippen molar-refractivity contribution in [3.63, 3.8) is 0 Å². The van der Waals surface area contributed by atoms with E-state index in [9.17, 15) is 23.1 Å². The highest BCUT2D eigenvalue weighted by atomic mass is 19.4. The van der Waals surface area contributed by atoms with Crippen molar-refractivity contribution in [2.24, 2.45) is 0 Å². The Morgan fingerprint density at radius 3 is 2.53 bits per heavy atom. The fraction of sp³-hybridized carbons (Fsp3) is 0.300. The van der Waals surface area contributed by atoms with Gasteiger partial charge in [-0.15, -0.1) is 13.2 Å². The third-order valence-electron chi connectivity index (χ3n) is 1.90. The van der Waals surface area contributed by atoms with Crippen molar-refractivity contribution < 1.29 is 32.9 Å². The molecule has 0 unspecified atom stereocenters. The zero-order valence-corrected chi connectivity index (χ0v) is 8.49. The van der Waals surface area contributed by atoms with Gasteiger partial charge in [0, 0.05) is 6.42 Å². The molecule has 1 rings (SSSR count). The molecule has 0 aliphatic carbocycles. The van der Waals surface area contributed by atoms with Crippen LogP contribution in [0.4, 0.5) is 13.2 Å². The van der Waals surface area contributed by atoms with Gasteiger partial charge in [-0.05, 0) is 18.1 Å². The molecule has 0 atom stereocenters. The van der Waals surface area contributed by atoms with Crippen LogP contribution in [0.15, 0.2) is 18.2 Å². The Morgan fingerprint density at radius 2 is 2.00 bits per heavy atom. The normalized spacial score (nSPS) is 11.2. The summed E-state index contributed by atoms with van der Waals surface area (Å²) in [5.74, 6) is -2.57. The zero-order valence-electron chi connectivity index (χ0n) is 8.49. The maximum Gasteiger partial charge on any atom is 0.573 e. The number of aliphatic carboxylic acids is 1. The van der Waals surface area contributed by atoms with E-state index in [1.54, 1.807) is 0 Å². The lowest BCUT2D eigenvalue weighted by molar-refractivity contribution is -0.275. The van der Waals surface area contributed by atoms with Crippen LogP contribution in [0, 0.1) is 0 Å². The Bertz CT molecular complexity index is 415. The van der Waals surface area contributed by atoms with E-state index in [4.69, 9.17) is 5.11 Å². The summed E-state index contributed by atoms with van der Waals surface area (Å²) in [6.45, 7) is 0. The number of hydrogen-bond donors (Lipinski definition) is 2. The van der Waals surface area contributed by atoms with Gasteiger partial charge in [0.2, 0.25) is 0 Å². The fourth-order valence-corrected chi connectivity index (χ4v) is 1.24. The van der Waals surface area contributed by atoms with Crippen molar-refractivity contribution in [1.82, 2.24) is 0 Å². The van der Waals surface area contributed by atoms with Gasteiger partial charge in [0.25, 0.3) is 0 Å². The number of alkyl halides is 3. The zero-order chi connectivity index (χ0) is 13.1. The van der Waals surface area contributed by atoms with Crippen LogP contribution in [0.5, 0.6) is 11.5 Å². The summed E-state index contributed by atoms with van der Waals surface area (Å²) >= 11 is 0. The van der Waals surface area contributed by atoms with E-state index in [1.165, 1.54) is 12.1 Å². The highest BCUT2D eigenvalue weighted by Crippen LogP contribution is 2.35. The highest BCUT2D eigenvalue weighted by molar-refractivity contribution is 5.67. The quantitative estimate of drug-likeness (QED) is 0.860. The molecule has 7 heteroatoms. The van der Waals surface area contributed by atoms with Gasteiger partial charge >= 0.3 is 12.3 Å². The molecule has 0 heterocycles. The molecule has 0 aliphatic rings. The number of para-hydroxylation sites is 1. The summed E-state index contributed by atoms with van der Waals surface area (Å²) in [5.41, 5.74) is -0.00951. The molecular weight excluding hydrogens is 241 g/mol. The molecule has 17 heavy (non-hydrogen) atoms. The predicted octanol–water partition coefficient (Wildman–Crippen LogP) is 2.31. The Kier molecular flexibility index (Phi) is 3.82. The lowest BCUT2D eigenvalue weighted by Gasteiger charge is -2.13. The summed E-state index contributed by atoms with van der Waals surface area (Å²) in [7, 11) is 0. The van der Waals surface area contributed by atoms with Crippen molar-refractivity contribution in [2.75, 3.05) is 0 Å². The number of hydrogen-bond acceptors (Lipinski definition) is 3. The molecule has 0 saturated heterocycles. The van der Waals surface area contributed by atoms with Crippen LogP contribution in [0.2, 0.25) is 0 Å². The number of phenols is 1. The number of rotatable bonds is 4. The first kappa shape index (κ1) is 13.1. The molecule has 0 spiro atoms. The van der Waals surface area contributed by atoms with Crippen molar-refractivity contribution in [2.45, 2.75) is 19.2 Å². The van der Waals surface area contributed by atoms with Gasteiger partial charge in [-0.1, -0.05) is 12.1 Å². The molecule has 1 aromatic rings. The Hall–Kier alpha value is -1.92. The minimum Gasteiger partial charge on any atom is -0.504 e. The molecule has 2 N–H and O–H groups in total. The number of benzene rings is 1. The Labute approximate surface area is 94.3 Å². The lowest BCUT2D eigenvalue weighted by atomic mass is 10.1. The van der Waals surface area contributed by atoms with E-state index in [-0.39, 0.29) is 18.4 Å². The standard InChI is InChI=1S/C10H9F3O4/c11-10(12,13)17-9-6(4-5-8(15)16)2-1-3-7(9)14/h1-3,14H,4-5H2,(H,15,16). The summed E-state index contributed by atoms with van der Waals surface area (Å²) in [5, 5.41) is 17.7. The van der Waals surface area contributed by atoms with E-state index in [0.717, 1.165) is 6.07 Å². The second-order valence-corrected chi connectivity index (χ2v) is 3.21. The monoisotopic (exact) mass is 250 g/mol. The fourth-order valence-electron chi connectivity index (χ4n) is 1.24. The first-order valence-corrected chi connectivity index (χ1v) is 4.58. The number of halogens is 3. The van der Waals surface area contributed by atoms with Crippen LogP contribution >= 0.6 is 0 Å². The van der Waals surface area contributed by atoms with Gasteiger partial charge in [0.15, 0.2) is 11.5 Å². The van der Waals surface area contributed by atoms with Gasteiger partial charge < -0.3 is 14.9 Å². The number of aryl methyl sites for hydroxylation is 1. The predicted molar refractivity (Wildman–Crippen MR) is 50.7 cm³/mol. The Morgan fingerprint density at radius 1 is 1.35 bits per heavy atom. The van der Waals surface area contributed by atoms with Gasteiger partial charge in [-0.25, -0.2) is 0 Å². The number of carboxylic acids is 1. The van der Waals surface area contributed by atoms with Crippen LogP contribution in [-0.4, -0.2) is 22.5 Å². The third-order valence-corrected chi connectivity index (χ3v) is 1.90. The maximum absolute atomic E-state index is 12.1. The van der Waals surface area contributed by atoms with Gasteiger partial charge in [0.1, 0.15) is 0 Å². The van der Waals surface area contributed by atoms with E-state index in [2.05, 4.69) is 4.74 Å². The average Bonchev–Trinajstić information content (AvgIpc) is 2.17. The molecule has 0 radical (unpaired) electrons. The molecule has 94 valence electrons. The van der Waals surface area contributed by atoms with Crippen LogP contribution in [0.3, 0.4) is 0 Å². The van der Waals surface area contributed by atoms with Crippen molar-refractivity contribution in [1.29, 1.82) is 0 Å². The SMILES string of the molecule is O=C(O)CCc1cccc(O)c1OC(F)(F)F. The molecule has 0 bridgehead atoms. The molecule has 0 saturated carbocycles. The third kappa shape index (κ3) is 4.21. The van der Waals surface area contributed by atoms with Crippen molar-refractivity contribution in [3.05, 3.63) is 23.8 Å². The van der Waals surface area contributed by atoms with E-state index in [0.29, 0.717) is 0 Å². The van der Waals surface area contributed by atoms with Gasteiger partial charge in [0.05, 0.1) is 0 Å². The lowest BCUT2D eigenvalue weighted by Crippen LogP contribution is -2.18. The molecule has 4 nitrogen and oxygen atoms in total. The second kappa shape index (κ2) is 4.94. The maximum atomic E-state index is 12.1. The minimum absolute atomic E-state index is 0.00951. The molecule has 1 aromatic carbocycles. The van der Waals surface area contributed by atoms with Gasteiger partial charge in [-0.2, -0.15) is 0 Å². The second-order valence-electron chi connectivity index (χ2n) is 3.21. The molecular formula is C10H9F3O4. The number of carbonyl (C=O) groups is 1. The molecule has 0 amide bonds. The van der Waals surface area contributed by atoms with Crippen LogP contribution in [0.1, 0.15) is 12.0 Å². The summed E-state index contributed by atoms with van der Waals surface area (Å²) in [6.07, 6.45) is -5.44. The summed E-state index contributed by atoms with van der Waals surface area (Å²) in [6, 6.07) is 3.62. The molecule has 0 aromatic heterocycles. The number of carboxylic acid groups (broad SMARTS) is 1. The van der Waals surface area contributed by atoms with E-state index < -0.39 is 23.8 Å². The molecule has 0 fully saturated rings.